The van der Waals surface area contributed by atoms with E-state index >= 15 is 0 Å². The Kier molecular flexibility index (Phi) is 4.34. The van der Waals surface area contributed by atoms with Crippen LogP contribution in [0.15, 0.2) is 58.2 Å². The highest BCUT2D eigenvalue weighted by molar-refractivity contribution is 5.84. The normalized spacial score (nSPS) is 14.7. The smallest absolute Gasteiger partial charge is 0.278 e. The van der Waals surface area contributed by atoms with Crippen molar-refractivity contribution in [1.29, 1.82) is 0 Å². The van der Waals surface area contributed by atoms with Gasteiger partial charge in [0.05, 0.1) is 17.8 Å². The maximum absolute atomic E-state index is 14.9. The van der Waals surface area contributed by atoms with Crippen LogP contribution in [-0.4, -0.2) is 29.1 Å². The summed E-state index contributed by atoms with van der Waals surface area (Å²) in [5, 5.41) is 4.11. The van der Waals surface area contributed by atoms with Gasteiger partial charge in [-0.1, -0.05) is 30.1 Å². The van der Waals surface area contributed by atoms with Crippen molar-refractivity contribution in [1.82, 2.24) is 29.1 Å². The van der Waals surface area contributed by atoms with Crippen LogP contribution in [0.2, 0.25) is 0 Å². The fraction of sp³-hybridized carbons (Fsp3) is 0.261. The summed E-state index contributed by atoms with van der Waals surface area (Å²) in [7, 11) is 0. The topological polar surface area (TPSA) is 91.1 Å². The second kappa shape index (κ2) is 7.37. The maximum atomic E-state index is 14.9. The SMILES string of the molecule is O=c1c2c(-c3noc(C4CCCC4)n3)ncn2c2cccc(F)c2n1Cc1ccccn1. The Bertz CT molecular complexity index is 1500. The van der Waals surface area contributed by atoms with Crippen LogP contribution in [0.25, 0.3) is 28.1 Å². The molecule has 8 nitrogen and oxygen atoms in total. The largest absolute Gasteiger partial charge is 0.339 e. The predicted molar refractivity (Wildman–Crippen MR) is 115 cm³/mol. The highest BCUT2D eigenvalue weighted by atomic mass is 19.1. The van der Waals surface area contributed by atoms with Gasteiger partial charge < -0.3 is 4.52 Å². The van der Waals surface area contributed by atoms with Crippen LogP contribution in [0.1, 0.15) is 43.2 Å². The van der Waals surface area contributed by atoms with Crippen molar-refractivity contribution in [2.24, 2.45) is 0 Å². The van der Waals surface area contributed by atoms with Crippen LogP contribution in [0, 0.1) is 5.82 Å². The fourth-order valence-electron chi connectivity index (χ4n) is 4.57. The summed E-state index contributed by atoms with van der Waals surface area (Å²) in [6, 6.07) is 10.1. The molecule has 0 amide bonds. The van der Waals surface area contributed by atoms with Gasteiger partial charge in [-0.2, -0.15) is 4.98 Å². The molecule has 1 saturated carbocycles. The van der Waals surface area contributed by atoms with Gasteiger partial charge in [-0.3, -0.25) is 18.7 Å². The Morgan fingerprint density at radius 3 is 2.75 bits per heavy atom. The number of benzene rings is 1. The molecule has 5 aromatic rings. The molecule has 0 atom stereocenters. The third-order valence-corrected chi connectivity index (χ3v) is 6.11. The van der Waals surface area contributed by atoms with Crippen molar-refractivity contribution in [3.8, 4) is 11.5 Å². The van der Waals surface area contributed by atoms with Crippen molar-refractivity contribution >= 4 is 16.6 Å². The molecule has 0 saturated heterocycles. The minimum atomic E-state index is -0.490. The highest BCUT2D eigenvalue weighted by Crippen LogP contribution is 2.34. The van der Waals surface area contributed by atoms with Crippen LogP contribution >= 0.6 is 0 Å². The van der Waals surface area contributed by atoms with Gasteiger partial charge in [0.1, 0.15) is 28.9 Å². The molecule has 9 heteroatoms. The molecule has 0 aliphatic heterocycles. The number of hydrogen-bond donors (Lipinski definition) is 0. The third kappa shape index (κ3) is 2.92. The number of halogens is 1. The average molecular weight is 430 g/mol. The third-order valence-electron chi connectivity index (χ3n) is 6.11. The van der Waals surface area contributed by atoms with Crippen molar-refractivity contribution in [3.63, 3.8) is 0 Å². The molecule has 4 heterocycles. The molecule has 32 heavy (non-hydrogen) atoms. The molecule has 160 valence electrons. The molecule has 1 aliphatic carbocycles. The molecule has 0 spiro atoms. The fourth-order valence-corrected chi connectivity index (χ4v) is 4.57. The van der Waals surface area contributed by atoms with Crippen LogP contribution in [0.4, 0.5) is 4.39 Å². The average Bonchev–Trinajstić information content (AvgIpc) is 3.57. The standard InChI is InChI=1S/C23H19FN6O2/c24-16-9-5-10-17-19(16)29(12-15-8-3-4-11-25-15)23(31)20-18(26-13-30(17)20)21-27-22(32-28-21)14-6-1-2-7-14/h3-5,8-11,13-14H,1-2,6-7,12H2. The lowest BCUT2D eigenvalue weighted by Gasteiger charge is -2.13. The molecule has 4 aromatic heterocycles. The molecule has 6 rings (SSSR count). The summed E-state index contributed by atoms with van der Waals surface area (Å²) in [5.41, 5.74) is 1.57. The first-order valence-corrected chi connectivity index (χ1v) is 10.6. The lowest BCUT2D eigenvalue weighted by atomic mass is 10.1. The van der Waals surface area contributed by atoms with Crippen LogP contribution in [0.3, 0.4) is 0 Å². The number of hydrogen-bond acceptors (Lipinski definition) is 6. The lowest BCUT2D eigenvalue weighted by Crippen LogP contribution is -2.24. The first-order valence-electron chi connectivity index (χ1n) is 10.6. The Labute approximate surface area is 181 Å². The monoisotopic (exact) mass is 430 g/mol. The molecular weight excluding hydrogens is 411 g/mol. The van der Waals surface area contributed by atoms with Gasteiger partial charge in [-0.25, -0.2) is 9.37 Å². The summed E-state index contributed by atoms with van der Waals surface area (Å²) in [4.78, 5) is 26.9. The predicted octanol–water partition coefficient (Wildman–Crippen LogP) is 3.94. The van der Waals surface area contributed by atoms with Crippen LogP contribution < -0.4 is 5.56 Å². The quantitative estimate of drug-likeness (QED) is 0.429. The number of rotatable bonds is 4. The minimum absolute atomic E-state index is 0.123. The summed E-state index contributed by atoms with van der Waals surface area (Å²) in [5.74, 6) is 0.613. The van der Waals surface area contributed by atoms with E-state index in [1.807, 2.05) is 6.07 Å². The van der Waals surface area contributed by atoms with Gasteiger partial charge in [-0.05, 0) is 37.1 Å². The van der Waals surface area contributed by atoms with Gasteiger partial charge in [0.2, 0.25) is 11.7 Å². The molecule has 1 aromatic carbocycles. The Morgan fingerprint density at radius 2 is 1.94 bits per heavy atom. The Balaban J connectivity index is 1.58. The number of fused-ring (bicyclic) bond motifs is 3. The molecule has 0 unspecified atom stereocenters. The van der Waals surface area contributed by atoms with Gasteiger partial charge in [0.15, 0.2) is 0 Å². The summed E-state index contributed by atoms with van der Waals surface area (Å²) < 4.78 is 23.4. The number of para-hydroxylation sites is 1. The molecule has 0 bridgehead atoms. The van der Waals surface area contributed by atoms with Crippen LogP contribution in [0.5, 0.6) is 0 Å². The highest BCUT2D eigenvalue weighted by Gasteiger charge is 2.26. The number of aromatic nitrogens is 6. The first-order chi connectivity index (χ1) is 15.7. The maximum Gasteiger partial charge on any atom is 0.278 e. The van der Waals surface area contributed by atoms with E-state index in [1.54, 1.807) is 34.9 Å². The van der Waals surface area contributed by atoms with Crippen molar-refractivity contribution in [2.75, 3.05) is 0 Å². The molecule has 1 aliphatic rings. The number of nitrogens with zero attached hydrogens (tertiary/aromatic N) is 6. The van der Waals surface area contributed by atoms with E-state index in [2.05, 4.69) is 20.1 Å². The van der Waals surface area contributed by atoms with E-state index in [1.165, 1.54) is 17.0 Å². The summed E-state index contributed by atoms with van der Waals surface area (Å²) in [6.07, 6.45) is 7.48. The van der Waals surface area contributed by atoms with E-state index in [0.717, 1.165) is 25.7 Å². The Hall–Kier alpha value is -3.88. The summed E-state index contributed by atoms with van der Waals surface area (Å²) in [6.45, 7) is 0.123. The zero-order chi connectivity index (χ0) is 21.7. The first kappa shape index (κ1) is 18.9. The van der Waals surface area contributed by atoms with E-state index in [-0.39, 0.29) is 29.3 Å². The van der Waals surface area contributed by atoms with Gasteiger partial charge >= 0.3 is 0 Å². The second-order valence-electron chi connectivity index (χ2n) is 8.07. The van der Waals surface area contributed by atoms with Gasteiger partial charge in [0, 0.05) is 12.1 Å². The Morgan fingerprint density at radius 1 is 1.06 bits per heavy atom. The zero-order valence-corrected chi connectivity index (χ0v) is 17.1. The lowest BCUT2D eigenvalue weighted by molar-refractivity contribution is 0.354. The van der Waals surface area contributed by atoms with Gasteiger partial charge in [-0.15, -0.1) is 0 Å². The molecule has 1 fully saturated rings. The van der Waals surface area contributed by atoms with E-state index in [4.69, 9.17) is 4.52 Å². The second-order valence-corrected chi connectivity index (χ2v) is 8.07. The zero-order valence-electron chi connectivity index (χ0n) is 17.1. The molecular formula is C23H19FN6O2. The van der Waals surface area contributed by atoms with Crippen LogP contribution in [-0.2, 0) is 6.54 Å². The summed E-state index contributed by atoms with van der Waals surface area (Å²) >= 11 is 0. The molecule has 0 N–H and O–H groups in total. The molecule has 0 radical (unpaired) electrons. The van der Waals surface area contributed by atoms with Gasteiger partial charge in [0.25, 0.3) is 5.56 Å². The van der Waals surface area contributed by atoms with E-state index in [9.17, 15) is 9.18 Å². The number of pyridine rings is 1. The van der Waals surface area contributed by atoms with Crippen molar-refractivity contribution in [2.45, 2.75) is 38.1 Å². The van der Waals surface area contributed by atoms with E-state index < -0.39 is 11.4 Å². The number of imidazole rings is 1. The minimum Gasteiger partial charge on any atom is -0.339 e. The van der Waals surface area contributed by atoms with Crippen molar-refractivity contribution in [3.05, 3.63) is 76.7 Å². The van der Waals surface area contributed by atoms with E-state index in [0.29, 0.717) is 22.8 Å². The van der Waals surface area contributed by atoms with Crippen molar-refractivity contribution < 1.29 is 8.91 Å².